The minimum atomic E-state index is -4.59. The number of unbranched alkanes of at least 4 members (excludes halogenated alkanes) is 24. The highest BCUT2D eigenvalue weighted by Gasteiger charge is 2.23. The maximum absolute atomic E-state index is 12.8. The number of nitrogens with zero attached hydrogens (tertiary/aromatic N) is 1. The second-order valence-electron chi connectivity index (χ2n) is 20.3. The quantitative estimate of drug-likeness (QED) is 0.0272. The first-order chi connectivity index (χ1) is 34.0. The molecule has 1 amide bonds. The Morgan fingerprint density at radius 2 is 0.886 bits per heavy atom. The molecular formula is C61H109N2O6P. The molecule has 0 aromatic heterocycles. The van der Waals surface area contributed by atoms with Gasteiger partial charge in [-0.3, -0.25) is 9.36 Å². The molecule has 0 radical (unpaired) electrons. The molecule has 0 fully saturated rings. The molecule has 0 spiro atoms. The van der Waals surface area contributed by atoms with E-state index in [0.29, 0.717) is 17.4 Å². The molecule has 9 heteroatoms. The lowest BCUT2D eigenvalue weighted by atomic mass is 10.0. The second kappa shape index (κ2) is 51.3. The normalized spacial score (nSPS) is 14.7. The standard InChI is InChI=1S/C61H109N2O6P/c1-6-8-10-12-14-15-16-17-18-19-20-21-22-23-24-25-26-27-28-29-30-31-32-33-34-35-36-37-38-39-40-41-42-43-44-45-46-47-49-51-53-55-61(65)62-59(60(64)54-52-50-48-13-11-9-7-2)58-69-70(66,67)68-57-56-63(3,4)5/h8,10-11,13-15,17-18,20-21,23-24,26-27,52,54,59-60,64H,6-7,9,12,16,19,22,25,28-51,53,55-58H2,1-5H3,(H-,62,65,66,67)/b10-8-,13-11+,15-14-,18-17-,21-20-,24-23-,27-26-,54-52+. The van der Waals surface area contributed by atoms with Crippen LogP contribution in [0.25, 0.3) is 0 Å². The number of likely N-dealkylation sites (N-methyl/N-ethyl adjacent to an activating group) is 1. The fourth-order valence-electron chi connectivity index (χ4n) is 7.83. The number of nitrogens with one attached hydrogen (secondary N) is 1. The number of aliphatic hydroxyl groups excluding tert-OH is 1. The smallest absolute Gasteiger partial charge is 0.268 e. The van der Waals surface area contributed by atoms with Crippen LogP contribution in [-0.4, -0.2) is 68.5 Å². The summed E-state index contributed by atoms with van der Waals surface area (Å²) in [5, 5.41) is 13.7. The monoisotopic (exact) mass is 997 g/mol. The van der Waals surface area contributed by atoms with Gasteiger partial charge in [-0.05, 0) is 77.0 Å². The van der Waals surface area contributed by atoms with Crippen molar-refractivity contribution in [1.82, 2.24) is 5.32 Å². The Kier molecular flexibility index (Phi) is 49.4. The van der Waals surface area contributed by atoms with E-state index in [1.54, 1.807) is 6.08 Å². The molecule has 0 saturated carbocycles. The summed E-state index contributed by atoms with van der Waals surface area (Å²) in [7, 11) is 1.24. The third-order valence-corrected chi connectivity index (χ3v) is 13.2. The van der Waals surface area contributed by atoms with E-state index < -0.39 is 26.6 Å². The number of phosphoric ester groups is 1. The fourth-order valence-corrected chi connectivity index (χ4v) is 8.55. The first-order valence-electron chi connectivity index (χ1n) is 28.6. The molecule has 0 aliphatic rings. The molecular weight excluding hydrogens is 888 g/mol. The van der Waals surface area contributed by atoms with Crippen molar-refractivity contribution in [2.45, 2.75) is 244 Å². The predicted octanol–water partition coefficient (Wildman–Crippen LogP) is 16.8. The Balaban J connectivity index is 3.78. The number of aliphatic hydroxyl groups is 1. The molecule has 3 atom stereocenters. The van der Waals surface area contributed by atoms with E-state index in [1.807, 2.05) is 27.2 Å². The molecule has 0 bridgehead atoms. The third kappa shape index (κ3) is 53.2. The van der Waals surface area contributed by atoms with E-state index in [2.05, 4.69) is 104 Å². The highest BCUT2D eigenvalue weighted by atomic mass is 31.2. The maximum atomic E-state index is 12.8. The minimum Gasteiger partial charge on any atom is -0.756 e. The van der Waals surface area contributed by atoms with Crippen molar-refractivity contribution in [3.63, 3.8) is 0 Å². The Morgan fingerprint density at radius 1 is 0.514 bits per heavy atom. The zero-order valence-corrected chi connectivity index (χ0v) is 46.8. The topological polar surface area (TPSA) is 108 Å². The van der Waals surface area contributed by atoms with Gasteiger partial charge in [0.1, 0.15) is 13.2 Å². The average Bonchev–Trinajstić information content (AvgIpc) is 3.32. The Morgan fingerprint density at radius 3 is 1.31 bits per heavy atom. The molecule has 0 aromatic rings. The van der Waals surface area contributed by atoms with Crippen LogP contribution in [0.4, 0.5) is 0 Å². The number of hydrogen-bond acceptors (Lipinski definition) is 6. The number of amides is 1. The number of allylic oxidation sites excluding steroid dienone is 15. The van der Waals surface area contributed by atoms with Gasteiger partial charge in [-0.25, -0.2) is 0 Å². The predicted molar refractivity (Wildman–Crippen MR) is 302 cm³/mol. The van der Waals surface area contributed by atoms with Gasteiger partial charge in [-0.1, -0.05) is 246 Å². The van der Waals surface area contributed by atoms with Crippen molar-refractivity contribution < 1.29 is 32.9 Å². The van der Waals surface area contributed by atoms with E-state index in [-0.39, 0.29) is 12.5 Å². The summed E-state index contributed by atoms with van der Waals surface area (Å²) in [5.41, 5.74) is 0. The van der Waals surface area contributed by atoms with Gasteiger partial charge in [0.05, 0.1) is 39.9 Å². The number of carbonyl (C=O) groups is 1. The third-order valence-electron chi connectivity index (χ3n) is 12.3. The molecule has 0 aliphatic heterocycles. The lowest BCUT2D eigenvalue weighted by Crippen LogP contribution is -2.45. The van der Waals surface area contributed by atoms with Gasteiger partial charge in [0.2, 0.25) is 5.91 Å². The van der Waals surface area contributed by atoms with Crippen molar-refractivity contribution in [2.75, 3.05) is 40.9 Å². The highest BCUT2D eigenvalue weighted by Crippen LogP contribution is 2.38. The van der Waals surface area contributed by atoms with Crippen molar-refractivity contribution in [1.29, 1.82) is 0 Å². The molecule has 0 aromatic carbocycles. The maximum Gasteiger partial charge on any atom is 0.268 e. The molecule has 0 rings (SSSR count). The van der Waals surface area contributed by atoms with Crippen LogP contribution in [0.5, 0.6) is 0 Å². The zero-order chi connectivity index (χ0) is 51.3. The molecule has 3 unspecified atom stereocenters. The van der Waals surface area contributed by atoms with Crippen LogP contribution in [0.1, 0.15) is 232 Å². The molecule has 404 valence electrons. The van der Waals surface area contributed by atoms with Crippen molar-refractivity contribution >= 4 is 13.7 Å². The summed E-state index contributed by atoms with van der Waals surface area (Å²) in [6.45, 7) is 4.39. The summed E-state index contributed by atoms with van der Waals surface area (Å²) >= 11 is 0. The van der Waals surface area contributed by atoms with Gasteiger partial charge in [-0.15, -0.1) is 0 Å². The second-order valence-corrected chi connectivity index (χ2v) is 21.7. The molecule has 0 heterocycles. The Bertz CT molecular complexity index is 1460. The SMILES string of the molecule is CC/C=C\C/C=C\C/C=C\C/C=C\C/C=C\C/C=C\CCCCCCCCCCCCCCCCCCCCCCCCC(=O)NC(COP(=O)([O-])OCC[N+](C)(C)C)C(O)/C=C/CC/C=C/CCC. The van der Waals surface area contributed by atoms with Gasteiger partial charge in [0, 0.05) is 6.42 Å². The lowest BCUT2D eigenvalue weighted by molar-refractivity contribution is -0.870. The van der Waals surface area contributed by atoms with E-state index >= 15 is 0 Å². The molecule has 70 heavy (non-hydrogen) atoms. The van der Waals surface area contributed by atoms with Crippen LogP contribution in [0, 0.1) is 0 Å². The minimum absolute atomic E-state index is 0.00859. The number of carbonyl (C=O) groups excluding carboxylic acids is 1. The Labute approximate surface area is 432 Å². The zero-order valence-electron chi connectivity index (χ0n) is 45.9. The number of quaternary nitrogens is 1. The van der Waals surface area contributed by atoms with Gasteiger partial charge >= 0.3 is 0 Å². The molecule has 0 aliphatic carbocycles. The number of rotatable bonds is 51. The van der Waals surface area contributed by atoms with Gasteiger partial charge in [-0.2, -0.15) is 0 Å². The fraction of sp³-hybridized carbons (Fsp3) is 0.721. The van der Waals surface area contributed by atoms with Crippen LogP contribution in [0.15, 0.2) is 97.2 Å². The average molecular weight is 998 g/mol. The highest BCUT2D eigenvalue weighted by molar-refractivity contribution is 7.45. The summed E-state index contributed by atoms with van der Waals surface area (Å²) < 4.78 is 23.1. The summed E-state index contributed by atoms with van der Waals surface area (Å²) in [6, 6.07) is -0.902. The lowest BCUT2D eigenvalue weighted by Gasteiger charge is -2.29. The number of phosphoric acid groups is 1. The number of hydrogen-bond donors (Lipinski definition) is 2. The van der Waals surface area contributed by atoms with E-state index in [4.69, 9.17) is 9.05 Å². The van der Waals surface area contributed by atoms with Crippen LogP contribution >= 0.6 is 7.82 Å². The van der Waals surface area contributed by atoms with Crippen LogP contribution in [-0.2, 0) is 18.4 Å². The summed E-state index contributed by atoms with van der Waals surface area (Å²) in [5.74, 6) is -0.212. The van der Waals surface area contributed by atoms with E-state index in [9.17, 15) is 19.4 Å². The summed E-state index contributed by atoms with van der Waals surface area (Å²) in [6.07, 6.45) is 74.1. The first-order valence-corrected chi connectivity index (χ1v) is 30.1. The van der Waals surface area contributed by atoms with Gasteiger partial charge < -0.3 is 28.8 Å². The van der Waals surface area contributed by atoms with E-state index in [1.165, 1.54) is 128 Å². The van der Waals surface area contributed by atoms with Crippen molar-refractivity contribution in [2.24, 2.45) is 0 Å². The first kappa shape index (κ1) is 67.4. The Hall–Kier alpha value is -2.58. The molecule has 0 saturated heterocycles. The van der Waals surface area contributed by atoms with E-state index in [0.717, 1.165) is 83.5 Å². The van der Waals surface area contributed by atoms with Gasteiger partial charge in [0.25, 0.3) is 7.82 Å². The van der Waals surface area contributed by atoms with Gasteiger partial charge in [0.15, 0.2) is 0 Å². The van der Waals surface area contributed by atoms with Crippen molar-refractivity contribution in [3.05, 3.63) is 97.2 Å². The van der Waals surface area contributed by atoms with Crippen LogP contribution in [0.2, 0.25) is 0 Å². The summed E-state index contributed by atoms with van der Waals surface area (Å²) in [4.78, 5) is 25.3. The van der Waals surface area contributed by atoms with Crippen LogP contribution < -0.4 is 10.2 Å². The molecule has 2 N–H and O–H groups in total. The molecule has 8 nitrogen and oxygen atoms in total. The largest absolute Gasteiger partial charge is 0.756 e. The van der Waals surface area contributed by atoms with Crippen LogP contribution in [0.3, 0.4) is 0 Å². The van der Waals surface area contributed by atoms with Crippen molar-refractivity contribution in [3.8, 4) is 0 Å².